The molecule has 2 saturated heterocycles. The van der Waals surface area contributed by atoms with E-state index in [4.69, 9.17) is 18.9 Å². The number of rotatable bonds is 4. The van der Waals surface area contributed by atoms with Crippen LogP contribution in [-0.2, 0) is 14.2 Å². The van der Waals surface area contributed by atoms with Crippen LogP contribution in [0.4, 0.5) is 0 Å². The van der Waals surface area contributed by atoms with Gasteiger partial charge in [-0.2, -0.15) is 0 Å². The molecule has 24 heavy (non-hydrogen) atoms. The lowest BCUT2D eigenvalue weighted by molar-refractivity contribution is -0.192. The van der Waals surface area contributed by atoms with Crippen molar-refractivity contribution in [1.82, 2.24) is 10.3 Å². The second kappa shape index (κ2) is 6.17. The van der Waals surface area contributed by atoms with Crippen molar-refractivity contribution in [2.45, 2.75) is 44.2 Å². The van der Waals surface area contributed by atoms with Crippen molar-refractivity contribution in [2.75, 3.05) is 13.7 Å². The smallest absolute Gasteiger partial charge is 0.275 e. The summed E-state index contributed by atoms with van der Waals surface area (Å²) >= 11 is 0. The van der Waals surface area contributed by atoms with Crippen LogP contribution in [0.25, 0.3) is 0 Å². The fraction of sp³-hybridized carbons (Fsp3) is 0.600. The van der Waals surface area contributed by atoms with Crippen molar-refractivity contribution in [3.05, 3.63) is 18.0 Å². The average molecular weight is 340 g/mol. The molecule has 2 aliphatic heterocycles. The van der Waals surface area contributed by atoms with Crippen LogP contribution in [0.1, 0.15) is 24.3 Å². The summed E-state index contributed by atoms with van der Waals surface area (Å²) in [6.45, 7) is 3.22. The fourth-order valence-corrected chi connectivity index (χ4v) is 2.91. The monoisotopic (exact) mass is 340 g/mol. The van der Waals surface area contributed by atoms with E-state index in [0.29, 0.717) is 0 Å². The molecule has 0 radical (unpaired) electrons. The first-order valence-corrected chi connectivity index (χ1v) is 7.51. The van der Waals surface area contributed by atoms with E-state index < -0.39 is 36.2 Å². The fourth-order valence-electron chi connectivity index (χ4n) is 2.91. The standard InChI is InChI=1S/C15H20N2O7/c1-15(2)23-11-8(6-18)22-14(12(11)24-15)17-13(20)9-10(19)7(21-3)4-5-16-9/h4-5,8,11-12,14,18-19H,6H2,1-3H3,(H,17,20). The summed E-state index contributed by atoms with van der Waals surface area (Å²) in [4.78, 5) is 16.3. The van der Waals surface area contributed by atoms with E-state index in [2.05, 4.69) is 10.3 Å². The molecule has 3 rings (SSSR count). The summed E-state index contributed by atoms with van der Waals surface area (Å²) in [6.07, 6.45) is -1.18. The van der Waals surface area contributed by atoms with Gasteiger partial charge in [-0.3, -0.25) is 4.79 Å². The summed E-state index contributed by atoms with van der Waals surface area (Å²) in [5, 5.41) is 22.0. The Kier molecular flexibility index (Phi) is 4.35. The predicted octanol–water partition coefficient (Wildman–Crippen LogP) is -0.237. The molecular formula is C15H20N2O7. The average Bonchev–Trinajstić information content (AvgIpc) is 3.01. The molecule has 4 unspecified atom stereocenters. The van der Waals surface area contributed by atoms with Crippen LogP contribution in [-0.4, -0.2) is 65.1 Å². The van der Waals surface area contributed by atoms with Gasteiger partial charge < -0.3 is 34.5 Å². The Balaban J connectivity index is 1.77. The minimum atomic E-state index is -0.841. The Morgan fingerprint density at radius 3 is 2.79 bits per heavy atom. The number of aromatic nitrogens is 1. The largest absolute Gasteiger partial charge is 0.503 e. The van der Waals surface area contributed by atoms with Crippen LogP contribution in [0.2, 0.25) is 0 Å². The first-order valence-electron chi connectivity index (χ1n) is 7.51. The zero-order chi connectivity index (χ0) is 17.5. The Morgan fingerprint density at radius 2 is 2.12 bits per heavy atom. The number of aliphatic hydroxyl groups excluding tert-OH is 1. The number of methoxy groups -OCH3 is 1. The third-order valence-corrected chi connectivity index (χ3v) is 3.93. The molecule has 4 atom stereocenters. The molecule has 2 fully saturated rings. The van der Waals surface area contributed by atoms with Crippen LogP contribution in [0, 0.1) is 0 Å². The first kappa shape index (κ1) is 16.9. The maximum Gasteiger partial charge on any atom is 0.275 e. The van der Waals surface area contributed by atoms with Gasteiger partial charge in [0.25, 0.3) is 5.91 Å². The van der Waals surface area contributed by atoms with Gasteiger partial charge in [-0.25, -0.2) is 4.98 Å². The molecule has 9 nitrogen and oxygen atoms in total. The summed E-state index contributed by atoms with van der Waals surface area (Å²) in [5.41, 5.74) is -0.194. The van der Waals surface area contributed by atoms with Gasteiger partial charge in [-0.05, 0) is 13.8 Å². The van der Waals surface area contributed by atoms with Crippen molar-refractivity contribution in [1.29, 1.82) is 0 Å². The van der Waals surface area contributed by atoms with Crippen molar-refractivity contribution < 1.29 is 34.0 Å². The molecule has 0 bridgehead atoms. The summed E-state index contributed by atoms with van der Waals surface area (Å²) in [5.74, 6) is -1.72. The van der Waals surface area contributed by atoms with E-state index in [0.717, 1.165) is 0 Å². The lowest BCUT2D eigenvalue weighted by Crippen LogP contribution is -2.44. The molecule has 0 spiro atoms. The minimum absolute atomic E-state index is 0.134. The number of ether oxygens (including phenoxy) is 4. The zero-order valence-electron chi connectivity index (χ0n) is 13.6. The molecule has 1 aromatic heterocycles. The molecule has 2 aliphatic rings. The molecule has 132 valence electrons. The quantitative estimate of drug-likeness (QED) is 0.687. The van der Waals surface area contributed by atoms with Crippen molar-refractivity contribution in [2.24, 2.45) is 0 Å². The predicted molar refractivity (Wildman–Crippen MR) is 79.5 cm³/mol. The highest BCUT2D eigenvalue weighted by atomic mass is 16.8. The second-order valence-electron chi connectivity index (χ2n) is 6.03. The van der Waals surface area contributed by atoms with Crippen LogP contribution in [0.3, 0.4) is 0 Å². The number of nitrogens with one attached hydrogen (secondary N) is 1. The zero-order valence-corrected chi connectivity index (χ0v) is 13.6. The highest BCUT2D eigenvalue weighted by Gasteiger charge is 2.55. The van der Waals surface area contributed by atoms with Crippen LogP contribution >= 0.6 is 0 Å². The Morgan fingerprint density at radius 1 is 1.42 bits per heavy atom. The molecule has 0 aromatic carbocycles. The number of hydrogen-bond donors (Lipinski definition) is 3. The van der Waals surface area contributed by atoms with Gasteiger partial charge in [0, 0.05) is 12.3 Å². The van der Waals surface area contributed by atoms with Gasteiger partial charge in [0.2, 0.25) is 0 Å². The van der Waals surface area contributed by atoms with E-state index >= 15 is 0 Å². The lowest BCUT2D eigenvalue weighted by atomic mass is 10.1. The molecule has 0 aliphatic carbocycles. The maximum atomic E-state index is 12.4. The number of carbonyl (C=O) groups is 1. The van der Waals surface area contributed by atoms with Crippen molar-refractivity contribution >= 4 is 5.91 Å². The number of carbonyl (C=O) groups excluding carboxylic acids is 1. The summed E-state index contributed by atoms with van der Waals surface area (Å²) in [6, 6.07) is 1.44. The van der Waals surface area contributed by atoms with Crippen LogP contribution < -0.4 is 10.1 Å². The Labute approximate surface area is 138 Å². The molecule has 9 heteroatoms. The third-order valence-electron chi connectivity index (χ3n) is 3.93. The van der Waals surface area contributed by atoms with Crippen molar-refractivity contribution in [3.8, 4) is 11.5 Å². The highest BCUT2D eigenvalue weighted by molar-refractivity contribution is 5.95. The van der Waals surface area contributed by atoms with Gasteiger partial charge in [-0.15, -0.1) is 0 Å². The van der Waals surface area contributed by atoms with Crippen molar-refractivity contribution in [3.63, 3.8) is 0 Å². The van der Waals surface area contributed by atoms with Gasteiger partial charge in [0.1, 0.15) is 18.3 Å². The molecule has 3 heterocycles. The normalized spacial score (nSPS) is 30.8. The van der Waals surface area contributed by atoms with E-state index in [1.54, 1.807) is 13.8 Å². The first-order chi connectivity index (χ1) is 11.4. The number of fused-ring (bicyclic) bond motifs is 1. The molecule has 0 saturated carbocycles. The maximum absolute atomic E-state index is 12.4. The number of hydrogen-bond acceptors (Lipinski definition) is 8. The molecule has 1 aromatic rings. The van der Waals surface area contributed by atoms with E-state index in [9.17, 15) is 15.0 Å². The van der Waals surface area contributed by atoms with E-state index in [1.807, 2.05) is 0 Å². The number of aliphatic hydroxyl groups is 1. The molecular weight excluding hydrogens is 320 g/mol. The minimum Gasteiger partial charge on any atom is -0.503 e. The Bertz CT molecular complexity index is 636. The molecule has 1 amide bonds. The highest BCUT2D eigenvalue weighted by Crippen LogP contribution is 2.38. The third kappa shape index (κ3) is 2.91. The number of aromatic hydroxyl groups is 1. The van der Waals surface area contributed by atoms with Gasteiger partial charge in [-0.1, -0.05) is 0 Å². The SMILES string of the molecule is COc1ccnc(C(=O)NC2OC(CO)C3OC(C)(C)OC23)c1O. The van der Waals surface area contributed by atoms with E-state index in [1.165, 1.54) is 19.4 Å². The van der Waals surface area contributed by atoms with Crippen LogP contribution in [0.5, 0.6) is 11.5 Å². The lowest BCUT2D eigenvalue weighted by Gasteiger charge is -2.24. The number of nitrogens with zero attached hydrogens (tertiary/aromatic N) is 1. The number of amides is 1. The van der Waals surface area contributed by atoms with Gasteiger partial charge in [0.15, 0.2) is 29.2 Å². The van der Waals surface area contributed by atoms with Gasteiger partial charge in [0.05, 0.1) is 13.7 Å². The molecule has 3 N–H and O–H groups in total. The van der Waals surface area contributed by atoms with Gasteiger partial charge >= 0.3 is 0 Å². The van der Waals surface area contributed by atoms with Crippen LogP contribution in [0.15, 0.2) is 12.3 Å². The van der Waals surface area contributed by atoms with E-state index in [-0.39, 0.29) is 23.8 Å². The second-order valence-corrected chi connectivity index (χ2v) is 6.03. The Hall–Kier alpha value is -1.94. The topological polar surface area (TPSA) is 119 Å². The summed E-state index contributed by atoms with van der Waals surface area (Å²) in [7, 11) is 1.37. The number of pyridine rings is 1. The summed E-state index contributed by atoms with van der Waals surface area (Å²) < 4.78 is 22.0.